The lowest BCUT2D eigenvalue weighted by molar-refractivity contribution is 0.0660. The second-order valence-electron chi connectivity index (χ2n) is 4.85. The van der Waals surface area contributed by atoms with Crippen LogP contribution in [0.5, 0.6) is 0 Å². The third-order valence-corrected chi connectivity index (χ3v) is 5.23. The molecule has 23 heavy (non-hydrogen) atoms. The van der Waals surface area contributed by atoms with Crippen molar-refractivity contribution in [1.29, 1.82) is 0 Å². The Morgan fingerprint density at radius 1 is 1.48 bits per heavy atom. The Bertz CT molecular complexity index is 939. The summed E-state index contributed by atoms with van der Waals surface area (Å²) in [4.78, 5) is 30.0. The van der Waals surface area contributed by atoms with Crippen LogP contribution in [0.15, 0.2) is 32.6 Å². The predicted octanol–water partition coefficient (Wildman–Crippen LogP) is 3.08. The van der Waals surface area contributed by atoms with Gasteiger partial charge in [0, 0.05) is 4.88 Å². The molecular weight excluding hydrogens is 336 g/mol. The maximum absolute atomic E-state index is 12.7. The van der Waals surface area contributed by atoms with Crippen LogP contribution in [0.1, 0.15) is 28.1 Å². The molecule has 0 saturated carbocycles. The maximum Gasteiger partial charge on any atom is 0.371 e. The van der Waals surface area contributed by atoms with Gasteiger partial charge in [-0.05, 0) is 30.9 Å². The monoisotopic (exact) mass is 350 g/mol. The fourth-order valence-electron chi connectivity index (χ4n) is 2.25. The van der Waals surface area contributed by atoms with Crippen LogP contribution in [-0.2, 0) is 13.0 Å². The molecule has 0 aliphatic rings. The minimum atomic E-state index is -1.13. The van der Waals surface area contributed by atoms with Gasteiger partial charge in [-0.1, -0.05) is 18.7 Å². The predicted molar refractivity (Wildman–Crippen MR) is 89.8 cm³/mol. The zero-order valence-electron chi connectivity index (χ0n) is 12.5. The average Bonchev–Trinajstić information content (AvgIpc) is 3.16. The van der Waals surface area contributed by atoms with Crippen LogP contribution in [0.25, 0.3) is 10.2 Å². The average molecular weight is 350 g/mol. The van der Waals surface area contributed by atoms with Crippen molar-refractivity contribution in [2.45, 2.75) is 25.0 Å². The van der Waals surface area contributed by atoms with Crippen LogP contribution in [0.2, 0.25) is 0 Å². The quantitative estimate of drug-likeness (QED) is 0.562. The summed E-state index contributed by atoms with van der Waals surface area (Å²) in [5.41, 5.74) is -0.136. The van der Waals surface area contributed by atoms with Gasteiger partial charge in [-0.25, -0.2) is 9.78 Å². The van der Waals surface area contributed by atoms with Crippen molar-refractivity contribution >= 4 is 39.3 Å². The summed E-state index contributed by atoms with van der Waals surface area (Å²) in [7, 11) is 0. The molecule has 8 heteroatoms. The summed E-state index contributed by atoms with van der Waals surface area (Å²) >= 11 is 2.90. The van der Waals surface area contributed by atoms with Crippen LogP contribution >= 0.6 is 23.1 Å². The number of fused-ring (bicyclic) bond motifs is 1. The molecule has 0 aliphatic heterocycles. The van der Waals surface area contributed by atoms with Gasteiger partial charge >= 0.3 is 5.97 Å². The summed E-state index contributed by atoms with van der Waals surface area (Å²) in [5, 5.41) is 10.1. The SMILES string of the molecule is CCc1cc2c(=O)n(Cc3ccc(C(=O)O)o3)c(SC)nc2s1. The molecule has 0 amide bonds. The van der Waals surface area contributed by atoms with E-state index in [2.05, 4.69) is 4.98 Å². The van der Waals surface area contributed by atoms with Gasteiger partial charge in [-0.15, -0.1) is 11.3 Å². The molecule has 3 aromatic rings. The molecule has 0 saturated heterocycles. The van der Waals surface area contributed by atoms with E-state index in [1.54, 1.807) is 6.07 Å². The van der Waals surface area contributed by atoms with E-state index in [9.17, 15) is 9.59 Å². The van der Waals surface area contributed by atoms with Gasteiger partial charge in [-0.3, -0.25) is 9.36 Å². The molecule has 0 aliphatic carbocycles. The van der Waals surface area contributed by atoms with Gasteiger partial charge in [0.05, 0.1) is 11.9 Å². The second-order valence-corrected chi connectivity index (χ2v) is 6.73. The molecule has 0 fully saturated rings. The van der Waals surface area contributed by atoms with Crippen LogP contribution in [0, 0.1) is 0 Å². The van der Waals surface area contributed by atoms with Crippen molar-refractivity contribution in [3.8, 4) is 0 Å². The zero-order valence-corrected chi connectivity index (χ0v) is 14.2. The highest BCUT2D eigenvalue weighted by molar-refractivity contribution is 7.98. The first kappa shape index (κ1) is 15.8. The Hall–Kier alpha value is -2.06. The van der Waals surface area contributed by atoms with Crippen LogP contribution in [0.3, 0.4) is 0 Å². The minimum absolute atomic E-state index is 0.136. The number of hydrogen-bond acceptors (Lipinski definition) is 6. The van der Waals surface area contributed by atoms with Crippen molar-refractivity contribution in [3.63, 3.8) is 0 Å². The Morgan fingerprint density at radius 2 is 2.26 bits per heavy atom. The molecule has 1 N–H and O–H groups in total. The highest BCUT2D eigenvalue weighted by Crippen LogP contribution is 2.24. The van der Waals surface area contributed by atoms with E-state index in [1.165, 1.54) is 33.7 Å². The van der Waals surface area contributed by atoms with Gasteiger partial charge in [0.2, 0.25) is 5.76 Å². The number of nitrogens with zero attached hydrogens (tertiary/aromatic N) is 2. The van der Waals surface area contributed by atoms with Crippen molar-refractivity contribution in [2.24, 2.45) is 0 Å². The normalized spacial score (nSPS) is 11.2. The van der Waals surface area contributed by atoms with E-state index >= 15 is 0 Å². The van der Waals surface area contributed by atoms with Crippen molar-refractivity contribution in [3.05, 3.63) is 45.0 Å². The van der Waals surface area contributed by atoms with E-state index in [0.717, 1.165) is 16.1 Å². The number of carbonyl (C=O) groups is 1. The van der Waals surface area contributed by atoms with Gasteiger partial charge in [-0.2, -0.15) is 0 Å². The molecule has 0 aromatic carbocycles. The lowest BCUT2D eigenvalue weighted by Crippen LogP contribution is -2.23. The number of aromatic carboxylic acids is 1. The number of carboxylic acids is 1. The Labute approximate surface area is 139 Å². The van der Waals surface area contributed by atoms with Gasteiger partial charge < -0.3 is 9.52 Å². The van der Waals surface area contributed by atoms with E-state index in [-0.39, 0.29) is 17.9 Å². The number of carboxylic acid groups (broad SMARTS) is 1. The second kappa shape index (κ2) is 6.21. The number of rotatable bonds is 5. The summed E-state index contributed by atoms with van der Waals surface area (Å²) in [6.45, 7) is 2.19. The fraction of sp³-hybridized carbons (Fsp3) is 0.267. The highest BCUT2D eigenvalue weighted by atomic mass is 32.2. The Kier molecular flexibility index (Phi) is 4.27. The summed E-state index contributed by atoms with van der Waals surface area (Å²) in [5.74, 6) is -0.865. The molecule has 3 aromatic heterocycles. The number of hydrogen-bond donors (Lipinski definition) is 1. The van der Waals surface area contributed by atoms with E-state index in [1.807, 2.05) is 19.2 Å². The molecule has 3 heterocycles. The molecule has 6 nitrogen and oxygen atoms in total. The molecule has 0 radical (unpaired) electrons. The van der Waals surface area contributed by atoms with Gasteiger partial charge in [0.1, 0.15) is 10.6 Å². The molecule has 3 rings (SSSR count). The lowest BCUT2D eigenvalue weighted by atomic mass is 10.3. The van der Waals surface area contributed by atoms with Crippen LogP contribution < -0.4 is 5.56 Å². The molecular formula is C15H14N2O4S2. The van der Waals surface area contributed by atoms with Crippen molar-refractivity contribution in [1.82, 2.24) is 9.55 Å². The molecule has 0 bridgehead atoms. The number of thiophene rings is 1. The number of aromatic nitrogens is 2. The highest BCUT2D eigenvalue weighted by Gasteiger charge is 2.16. The maximum atomic E-state index is 12.7. The molecule has 0 atom stereocenters. The largest absolute Gasteiger partial charge is 0.475 e. The lowest BCUT2D eigenvalue weighted by Gasteiger charge is -2.08. The van der Waals surface area contributed by atoms with Crippen LogP contribution in [-0.4, -0.2) is 26.9 Å². The zero-order chi connectivity index (χ0) is 16.6. The summed E-state index contributed by atoms with van der Waals surface area (Å²) in [6.07, 6.45) is 2.71. The first-order valence-electron chi connectivity index (χ1n) is 6.92. The first-order chi connectivity index (χ1) is 11.0. The smallest absolute Gasteiger partial charge is 0.371 e. The van der Waals surface area contributed by atoms with Gasteiger partial charge in [0.15, 0.2) is 5.16 Å². The molecule has 0 spiro atoms. The standard InChI is InChI=1S/C15H14N2O4S2/c1-3-9-6-10-12(23-9)16-15(22-2)17(13(10)18)7-8-4-5-11(21-8)14(19)20/h4-6H,3,7H2,1-2H3,(H,19,20). The van der Waals surface area contributed by atoms with Crippen molar-refractivity contribution < 1.29 is 14.3 Å². The third kappa shape index (κ3) is 2.91. The molecule has 120 valence electrons. The number of thioether (sulfide) groups is 1. The van der Waals surface area contributed by atoms with Crippen molar-refractivity contribution in [2.75, 3.05) is 6.26 Å². The fourth-order valence-corrected chi connectivity index (χ4v) is 3.82. The van der Waals surface area contributed by atoms with E-state index in [0.29, 0.717) is 16.3 Å². The minimum Gasteiger partial charge on any atom is -0.475 e. The first-order valence-corrected chi connectivity index (χ1v) is 8.96. The number of furan rings is 1. The molecule has 0 unspecified atom stereocenters. The summed E-state index contributed by atoms with van der Waals surface area (Å²) in [6, 6.07) is 4.82. The summed E-state index contributed by atoms with van der Waals surface area (Å²) < 4.78 is 6.77. The Balaban J connectivity index is 2.09. The topological polar surface area (TPSA) is 85.3 Å². The Morgan fingerprint density at radius 3 is 2.87 bits per heavy atom. The van der Waals surface area contributed by atoms with E-state index in [4.69, 9.17) is 9.52 Å². The van der Waals surface area contributed by atoms with Gasteiger partial charge in [0.25, 0.3) is 5.56 Å². The number of aryl methyl sites for hydroxylation is 1. The van der Waals surface area contributed by atoms with E-state index < -0.39 is 5.97 Å². The third-order valence-electron chi connectivity index (χ3n) is 3.38. The van der Waals surface area contributed by atoms with Crippen LogP contribution in [0.4, 0.5) is 0 Å².